The van der Waals surface area contributed by atoms with Gasteiger partial charge in [-0.3, -0.25) is 14.4 Å². The number of hydrogen-bond acceptors (Lipinski definition) is 6. The lowest BCUT2D eigenvalue weighted by Gasteiger charge is -2.33. The maximum atomic E-state index is 12.8. The predicted octanol–water partition coefficient (Wildman–Crippen LogP) is 0.512. The zero-order chi connectivity index (χ0) is 24.0. The number of likely N-dealkylation sites (N-methyl/N-ethyl adjacent to an activating group) is 2. The fourth-order valence-corrected chi connectivity index (χ4v) is 2.24. The van der Waals surface area contributed by atoms with Crippen molar-refractivity contribution in [2.75, 3.05) is 53.4 Å². The maximum absolute atomic E-state index is 12.8. The highest BCUT2D eigenvalue weighted by Gasteiger charge is 2.22. The first-order chi connectivity index (χ1) is 14.5. The quantitative estimate of drug-likeness (QED) is 0.606. The number of aliphatic carboxylic acids is 1. The van der Waals surface area contributed by atoms with Gasteiger partial charge in [0.05, 0.1) is 19.3 Å². The summed E-state index contributed by atoms with van der Waals surface area (Å²) in [5.74, 6) is -1.47. The number of carboxylic acids is 1. The second kappa shape index (κ2) is 15.3. The Balaban J connectivity index is 0.000000752. The number of carbonyl (C=O) groups is 3. The summed E-state index contributed by atoms with van der Waals surface area (Å²) in [4.78, 5) is 39.0. The molecule has 1 unspecified atom stereocenters. The molecule has 2 amide bonds. The summed E-state index contributed by atoms with van der Waals surface area (Å²) in [6, 6.07) is 5.33. The van der Waals surface area contributed by atoms with Gasteiger partial charge < -0.3 is 30.0 Å². The summed E-state index contributed by atoms with van der Waals surface area (Å²) in [6.07, 6.45) is -0.338. The molecule has 0 aliphatic carbocycles. The predicted molar refractivity (Wildman–Crippen MR) is 114 cm³/mol. The Morgan fingerprint density at radius 3 is 1.97 bits per heavy atom. The van der Waals surface area contributed by atoms with Gasteiger partial charge in [0.25, 0.3) is 5.91 Å². The lowest BCUT2D eigenvalue weighted by molar-refractivity contribution is -0.136. The Kier molecular flexibility index (Phi) is 14.0. The van der Waals surface area contributed by atoms with Crippen LogP contribution in [0.25, 0.3) is 0 Å². The van der Waals surface area contributed by atoms with Gasteiger partial charge in [0.15, 0.2) is 0 Å². The van der Waals surface area contributed by atoms with Crippen LogP contribution in [0.2, 0.25) is 0 Å². The Hall–Kier alpha value is -2.56. The van der Waals surface area contributed by atoms with Crippen LogP contribution in [0.3, 0.4) is 0 Å². The van der Waals surface area contributed by atoms with Crippen molar-refractivity contribution in [2.45, 2.75) is 26.4 Å². The molecule has 2 rings (SSSR count). The summed E-state index contributed by atoms with van der Waals surface area (Å²) in [6.45, 7) is 6.10. The standard InChI is InChI=1S/C15H20FN3O2.C3H8O2.C3H6O2/c1-17-7-9-19(10-8-17)14(20)11-18(2)15(21)12-3-5-13(16)6-4-12;1-3(5)2-4;1-2-3(4)5/h3-6H,7-11H2,1-2H3;3-5H,2H2,1H3;2H2,1H3,(H,4,5). The summed E-state index contributed by atoms with van der Waals surface area (Å²) < 4.78 is 12.8. The number of nitrogens with zero attached hydrogens (tertiary/aromatic N) is 3. The van der Waals surface area contributed by atoms with E-state index in [4.69, 9.17) is 15.3 Å². The number of benzene rings is 1. The van der Waals surface area contributed by atoms with Crippen LogP contribution in [0.4, 0.5) is 4.39 Å². The van der Waals surface area contributed by atoms with Crippen molar-refractivity contribution in [1.29, 1.82) is 0 Å². The van der Waals surface area contributed by atoms with Gasteiger partial charge in [0, 0.05) is 45.2 Å². The van der Waals surface area contributed by atoms with Crippen LogP contribution in [0.15, 0.2) is 24.3 Å². The van der Waals surface area contributed by atoms with E-state index in [1.165, 1.54) is 36.1 Å². The molecular formula is C21H34FN3O6. The van der Waals surface area contributed by atoms with E-state index >= 15 is 0 Å². The lowest BCUT2D eigenvalue weighted by Crippen LogP contribution is -2.50. The zero-order valence-electron chi connectivity index (χ0n) is 18.6. The van der Waals surface area contributed by atoms with Gasteiger partial charge >= 0.3 is 5.97 Å². The first kappa shape index (κ1) is 28.4. The molecule has 176 valence electrons. The molecular weight excluding hydrogens is 409 g/mol. The molecule has 1 aromatic carbocycles. The largest absolute Gasteiger partial charge is 0.481 e. The van der Waals surface area contributed by atoms with E-state index in [9.17, 15) is 18.8 Å². The van der Waals surface area contributed by atoms with Gasteiger partial charge in [0.2, 0.25) is 5.91 Å². The van der Waals surface area contributed by atoms with Crippen molar-refractivity contribution in [1.82, 2.24) is 14.7 Å². The van der Waals surface area contributed by atoms with Gasteiger partial charge in [-0.2, -0.15) is 0 Å². The van der Waals surface area contributed by atoms with Crippen molar-refractivity contribution < 1.29 is 34.1 Å². The number of carboxylic acid groups (broad SMARTS) is 1. The molecule has 1 aliphatic rings. The molecule has 0 saturated carbocycles. The highest BCUT2D eigenvalue weighted by molar-refractivity contribution is 5.96. The number of hydrogen-bond donors (Lipinski definition) is 3. The van der Waals surface area contributed by atoms with E-state index in [0.717, 1.165) is 13.1 Å². The minimum Gasteiger partial charge on any atom is -0.481 e. The summed E-state index contributed by atoms with van der Waals surface area (Å²) >= 11 is 0. The second-order valence-electron chi connectivity index (χ2n) is 7.13. The zero-order valence-corrected chi connectivity index (χ0v) is 18.6. The molecule has 0 radical (unpaired) electrons. The van der Waals surface area contributed by atoms with E-state index in [1.54, 1.807) is 18.9 Å². The molecule has 31 heavy (non-hydrogen) atoms. The van der Waals surface area contributed by atoms with E-state index in [1.807, 2.05) is 7.05 Å². The minimum atomic E-state index is -0.745. The van der Waals surface area contributed by atoms with Crippen molar-refractivity contribution in [3.05, 3.63) is 35.6 Å². The summed E-state index contributed by atoms with van der Waals surface area (Å²) in [7, 11) is 3.60. The van der Waals surface area contributed by atoms with Crippen LogP contribution in [0.5, 0.6) is 0 Å². The third kappa shape index (κ3) is 12.7. The smallest absolute Gasteiger partial charge is 0.303 e. The van der Waals surface area contributed by atoms with Gasteiger partial charge in [0.1, 0.15) is 5.82 Å². The number of piperazine rings is 1. The number of halogens is 1. The molecule has 1 atom stereocenters. The fourth-order valence-electron chi connectivity index (χ4n) is 2.24. The fraction of sp³-hybridized carbons (Fsp3) is 0.571. The molecule has 3 N–H and O–H groups in total. The normalized spacial score (nSPS) is 14.4. The Labute approximate surface area is 182 Å². The topological polar surface area (TPSA) is 122 Å². The van der Waals surface area contributed by atoms with Crippen LogP contribution >= 0.6 is 0 Å². The van der Waals surface area contributed by atoms with E-state index in [-0.39, 0.29) is 37.2 Å². The first-order valence-electron chi connectivity index (χ1n) is 9.99. The van der Waals surface area contributed by atoms with Gasteiger partial charge in [-0.05, 0) is 38.2 Å². The van der Waals surface area contributed by atoms with Crippen molar-refractivity contribution >= 4 is 17.8 Å². The molecule has 10 heteroatoms. The number of carbonyl (C=O) groups excluding carboxylic acids is 2. The maximum Gasteiger partial charge on any atom is 0.303 e. The second-order valence-corrected chi connectivity index (χ2v) is 7.13. The molecule has 1 heterocycles. The van der Waals surface area contributed by atoms with Crippen molar-refractivity contribution in [2.24, 2.45) is 0 Å². The van der Waals surface area contributed by atoms with Gasteiger partial charge in [-0.1, -0.05) is 6.92 Å². The third-order valence-electron chi connectivity index (χ3n) is 4.23. The molecule has 1 saturated heterocycles. The Morgan fingerprint density at radius 2 is 1.58 bits per heavy atom. The average molecular weight is 444 g/mol. The number of amides is 2. The lowest BCUT2D eigenvalue weighted by atomic mass is 10.2. The van der Waals surface area contributed by atoms with Gasteiger partial charge in [-0.25, -0.2) is 4.39 Å². The van der Waals surface area contributed by atoms with Crippen LogP contribution < -0.4 is 0 Å². The molecule has 9 nitrogen and oxygen atoms in total. The van der Waals surface area contributed by atoms with E-state index in [2.05, 4.69) is 4.90 Å². The SMILES string of the molecule is CC(O)CO.CCC(=O)O.CN1CCN(C(=O)CN(C)C(=O)c2ccc(F)cc2)CC1. The van der Waals surface area contributed by atoms with Gasteiger partial charge in [-0.15, -0.1) is 0 Å². The van der Waals surface area contributed by atoms with E-state index in [0.29, 0.717) is 18.7 Å². The number of aliphatic hydroxyl groups is 2. The summed E-state index contributed by atoms with van der Waals surface area (Å²) in [5, 5.41) is 23.7. The molecule has 0 bridgehead atoms. The van der Waals surface area contributed by atoms with Crippen molar-refractivity contribution in [3.63, 3.8) is 0 Å². The number of aliphatic hydroxyl groups excluding tert-OH is 2. The van der Waals surface area contributed by atoms with Crippen LogP contribution in [-0.2, 0) is 9.59 Å². The highest BCUT2D eigenvalue weighted by Crippen LogP contribution is 2.07. The van der Waals surface area contributed by atoms with Crippen LogP contribution in [0, 0.1) is 5.82 Å². The van der Waals surface area contributed by atoms with Crippen LogP contribution in [0.1, 0.15) is 30.6 Å². The molecule has 0 aromatic heterocycles. The van der Waals surface area contributed by atoms with E-state index < -0.39 is 12.1 Å². The molecule has 0 spiro atoms. The first-order valence-corrected chi connectivity index (χ1v) is 9.99. The molecule has 1 fully saturated rings. The Bertz CT molecular complexity index is 676. The molecule has 1 aliphatic heterocycles. The Morgan fingerprint density at radius 1 is 1.13 bits per heavy atom. The highest BCUT2D eigenvalue weighted by atomic mass is 19.1. The molecule has 1 aromatic rings. The number of rotatable bonds is 5. The monoisotopic (exact) mass is 443 g/mol. The third-order valence-corrected chi connectivity index (χ3v) is 4.23. The van der Waals surface area contributed by atoms with Crippen molar-refractivity contribution in [3.8, 4) is 0 Å². The average Bonchev–Trinajstić information content (AvgIpc) is 2.74. The minimum absolute atomic E-state index is 0.0416. The van der Waals surface area contributed by atoms with Crippen LogP contribution in [-0.4, -0.2) is 107 Å². The summed E-state index contributed by atoms with van der Waals surface area (Å²) in [5.41, 5.74) is 0.380.